The lowest BCUT2D eigenvalue weighted by Gasteiger charge is -2.11. The lowest BCUT2D eigenvalue weighted by molar-refractivity contribution is 0.603. The van der Waals surface area contributed by atoms with Crippen LogP contribution in [0.15, 0.2) is 29.4 Å². The first-order valence-electron chi connectivity index (χ1n) is 6.43. The fraction of sp³-hybridized carbons (Fsp3) is 0.385. The molecule has 8 heteroatoms. The van der Waals surface area contributed by atoms with Crippen LogP contribution < -0.4 is 5.73 Å². The number of rotatable bonds is 6. The molecule has 21 heavy (non-hydrogen) atoms. The first-order chi connectivity index (χ1) is 9.92. The minimum Gasteiger partial charge on any atom is -0.324 e. The fourth-order valence-corrected chi connectivity index (χ4v) is 4.02. The average Bonchev–Trinajstić information content (AvgIpc) is 2.81. The molecule has 0 aliphatic heterocycles. The SMILES string of the molecule is Cc1ccccc1-n1c(CN)nnc1SCCS(C)(=O)=O. The van der Waals surface area contributed by atoms with Crippen LogP contribution in [0.2, 0.25) is 0 Å². The largest absolute Gasteiger partial charge is 0.324 e. The standard InChI is InChI=1S/C13H18N4O2S2/c1-10-5-3-4-6-11(10)17-12(9-14)15-16-13(17)20-7-8-21(2,18)19/h3-6H,7-9,14H2,1-2H3. The summed E-state index contributed by atoms with van der Waals surface area (Å²) in [7, 11) is -2.98. The molecule has 0 fully saturated rings. The number of thioether (sulfide) groups is 1. The maximum atomic E-state index is 11.2. The van der Waals surface area contributed by atoms with Gasteiger partial charge >= 0.3 is 0 Å². The summed E-state index contributed by atoms with van der Waals surface area (Å²) in [5, 5.41) is 8.87. The predicted molar refractivity (Wildman–Crippen MR) is 84.4 cm³/mol. The molecule has 0 spiro atoms. The van der Waals surface area contributed by atoms with Gasteiger partial charge in [-0.15, -0.1) is 10.2 Å². The van der Waals surface area contributed by atoms with Crippen molar-refractivity contribution in [3.8, 4) is 5.69 Å². The molecule has 6 nitrogen and oxygen atoms in total. The van der Waals surface area contributed by atoms with Gasteiger partial charge in [0, 0.05) is 12.0 Å². The molecule has 0 bridgehead atoms. The average molecular weight is 326 g/mol. The highest BCUT2D eigenvalue weighted by molar-refractivity contribution is 8.00. The van der Waals surface area contributed by atoms with E-state index in [0.717, 1.165) is 11.3 Å². The van der Waals surface area contributed by atoms with Gasteiger partial charge < -0.3 is 5.73 Å². The number of para-hydroxylation sites is 1. The Morgan fingerprint density at radius 3 is 2.62 bits per heavy atom. The van der Waals surface area contributed by atoms with Gasteiger partial charge in [-0.05, 0) is 18.6 Å². The Morgan fingerprint density at radius 2 is 2.00 bits per heavy atom. The maximum Gasteiger partial charge on any atom is 0.195 e. The van der Waals surface area contributed by atoms with Gasteiger partial charge in [0.25, 0.3) is 0 Å². The third kappa shape index (κ3) is 4.05. The van der Waals surface area contributed by atoms with Gasteiger partial charge in [0.1, 0.15) is 9.84 Å². The molecule has 0 aliphatic carbocycles. The number of aryl methyl sites for hydroxylation is 1. The van der Waals surface area contributed by atoms with Crippen LogP contribution in [0.1, 0.15) is 11.4 Å². The summed E-state index contributed by atoms with van der Waals surface area (Å²) in [6.07, 6.45) is 1.23. The molecule has 0 atom stereocenters. The highest BCUT2D eigenvalue weighted by Crippen LogP contribution is 2.24. The van der Waals surface area contributed by atoms with Crippen LogP contribution in [-0.2, 0) is 16.4 Å². The molecule has 0 amide bonds. The van der Waals surface area contributed by atoms with Crippen molar-refractivity contribution in [1.82, 2.24) is 14.8 Å². The molecule has 0 saturated heterocycles. The van der Waals surface area contributed by atoms with E-state index in [0.29, 0.717) is 16.7 Å². The monoisotopic (exact) mass is 326 g/mol. The third-order valence-electron chi connectivity index (χ3n) is 2.92. The normalized spacial score (nSPS) is 11.8. The van der Waals surface area contributed by atoms with Crippen molar-refractivity contribution in [2.24, 2.45) is 5.73 Å². The molecule has 0 aliphatic rings. The zero-order valence-electron chi connectivity index (χ0n) is 12.0. The fourth-order valence-electron chi connectivity index (χ4n) is 1.87. The Hall–Kier alpha value is -1.38. The van der Waals surface area contributed by atoms with E-state index < -0.39 is 9.84 Å². The molecule has 1 aromatic heterocycles. The molecule has 0 unspecified atom stereocenters. The second-order valence-corrected chi connectivity index (χ2v) is 8.02. The van der Waals surface area contributed by atoms with Gasteiger partial charge in [0.05, 0.1) is 18.0 Å². The Kier molecular flexibility index (Phi) is 5.02. The Morgan fingerprint density at radius 1 is 1.29 bits per heavy atom. The van der Waals surface area contributed by atoms with Crippen molar-refractivity contribution in [2.75, 3.05) is 17.8 Å². The Bertz CT molecular complexity index is 726. The van der Waals surface area contributed by atoms with Crippen LogP contribution in [0.3, 0.4) is 0 Å². The minimum atomic E-state index is -2.98. The molecular formula is C13H18N4O2S2. The topological polar surface area (TPSA) is 90.9 Å². The lowest BCUT2D eigenvalue weighted by atomic mass is 10.2. The van der Waals surface area contributed by atoms with Gasteiger partial charge in [-0.25, -0.2) is 8.42 Å². The first-order valence-corrected chi connectivity index (χ1v) is 9.48. The molecule has 1 aromatic carbocycles. The van der Waals surface area contributed by atoms with Crippen molar-refractivity contribution >= 4 is 21.6 Å². The zero-order chi connectivity index (χ0) is 15.5. The van der Waals surface area contributed by atoms with E-state index in [9.17, 15) is 8.42 Å². The molecular weight excluding hydrogens is 308 g/mol. The van der Waals surface area contributed by atoms with Crippen LogP contribution in [0.5, 0.6) is 0 Å². The van der Waals surface area contributed by atoms with E-state index in [1.54, 1.807) is 0 Å². The number of nitrogens with zero attached hydrogens (tertiary/aromatic N) is 3. The summed E-state index contributed by atoms with van der Waals surface area (Å²) in [6.45, 7) is 2.27. The molecule has 114 valence electrons. The summed E-state index contributed by atoms with van der Waals surface area (Å²) in [6, 6.07) is 7.87. The van der Waals surface area contributed by atoms with Crippen molar-refractivity contribution in [1.29, 1.82) is 0 Å². The van der Waals surface area contributed by atoms with E-state index in [1.165, 1.54) is 18.0 Å². The predicted octanol–water partition coefficient (Wildman–Crippen LogP) is 1.17. The van der Waals surface area contributed by atoms with E-state index in [1.807, 2.05) is 35.8 Å². The van der Waals surface area contributed by atoms with Crippen LogP contribution in [0.4, 0.5) is 0 Å². The number of benzene rings is 1. The Labute approximate surface area is 128 Å². The van der Waals surface area contributed by atoms with Crippen molar-refractivity contribution < 1.29 is 8.42 Å². The summed E-state index contributed by atoms with van der Waals surface area (Å²) >= 11 is 1.37. The summed E-state index contributed by atoms with van der Waals surface area (Å²) in [5.74, 6) is 1.20. The zero-order valence-corrected chi connectivity index (χ0v) is 13.6. The van der Waals surface area contributed by atoms with E-state index in [4.69, 9.17) is 5.73 Å². The number of sulfone groups is 1. The van der Waals surface area contributed by atoms with Crippen molar-refractivity contribution in [3.05, 3.63) is 35.7 Å². The molecule has 2 rings (SSSR count). The van der Waals surface area contributed by atoms with Crippen LogP contribution in [0.25, 0.3) is 5.69 Å². The van der Waals surface area contributed by atoms with Crippen molar-refractivity contribution in [3.63, 3.8) is 0 Å². The minimum absolute atomic E-state index is 0.107. The number of hydrogen-bond donors (Lipinski definition) is 1. The number of nitrogens with two attached hydrogens (primary N) is 1. The molecule has 0 saturated carbocycles. The van der Waals surface area contributed by atoms with E-state index in [2.05, 4.69) is 10.2 Å². The lowest BCUT2D eigenvalue weighted by Crippen LogP contribution is -2.10. The second-order valence-electron chi connectivity index (χ2n) is 4.70. The van der Waals surface area contributed by atoms with Gasteiger partial charge in [-0.3, -0.25) is 4.57 Å². The van der Waals surface area contributed by atoms with Crippen LogP contribution in [-0.4, -0.2) is 40.9 Å². The summed E-state index contributed by atoms with van der Waals surface area (Å²) in [5.41, 5.74) is 7.76. The van der Waals surface area contributed by atoms with Gasteiger partial charge in [-0.1, -0.05) is 30.0 Å². The maximum absolute atomic E-state index is 11.2. The van der Waals surface area contributed by atoms with Gasteiger partial charge in [0.2, 0.25) is 0 Å². The quantitative estimate of drug-likeness (QED) is 0.801. The number of aromatic nitrogens is 3. The second kappa shape index (κ2) is 6.59. The molecule has 2 aromatic rings. The van der Waals surface area contributed by atoms with Crippen LogP contribution >= 0.6 is 11.8 Å². The van der Waals surface area contributed by atoms with Crippen molar-refractivity contribution in [2.45, 2.75) is 18.6 Å². The smallest absolute Gasteiger partial charge is 0.195 e. The first kappa shape index (κ1) is 16.0. The highest BCUT2D eigenvalue weighted by atomic mass is 32.2. The third-order valence-corrected chi connectivity index (χ3v) is 5.06. The molecule has 0 radical (unpaired) electrons. The summed E-state index contributed by atoms with van der Waals surface area (Å²) in [4.78, 5) is 0. The van der Waals surface area contributed by atoms with Gasteiger partial charge in [-0.2, -0.15) is 0 Å². The van der Waals surface area contributed by atoms with E-state index in [-0.39, 0.29) is 12.3 Å². The van der Waals surface area contributed by atoms with E-state index >= 15 is 0 Å². The number of hydrogen-bond acceptors (Lipinski definition) is 6. The molecule has 1 heterocycles. The van der Waals surface area contributed by atoms with Crippen LogP contribution in [0, 0.1) is 6.92 Å². The van der Waals surface area contributed by atoms with Gasteiger partial charge in [0.15, 0.2) is 11.0 Å². The Balaban J connectivity index is 2.32. The highest BCUT2D eigenvalue weighted by Gasteiger charge is 2.15. The molecule has 2 N–H and O–H groups in total. The summed E-state index contributed by atoms with van der Waals surface area (Å²) < 4.78 is 24.3.